The van der Waals surface area contributed by atoms with E-state index in [2.05, 4.69) is 0 Å². The predicted octanol–water partition coefficient (Wildman–Crippen LogP) is 4.36. The monoisotopic (exact) mass is 418 g/mol. The number of phosphoric acid groups is 1. The highest BCUT2D eigenvalue weighted by Gasteiger charge is 2.39. The zero-order valence-electron chi connectivity index (χ0n) is 16.3. The van der Waals surface area contributed by atoms with E-state index in [1.165, 1.54) is 0 Å². The second kappa shape index (κ2) is 15.6. The zero-order valence-corrected chi connectivity index (χ0v) is 19.0. The summed E-state index contributed by atoms with van der Waals surface area (Å²) >= 11 is 1.72. The summed E-state index contributed by atoms with van der Waals surface area (Å²) in [5.74, 6) is 1.65. The Morgan fingerprint density at radius 2 is 1.28 bits per heavy atom. The van der Waals surface area contributed by atoms with Crippen molar-refractivity contribution in [1.29, 1.82) is 0 Å². The molecule has 0 aliphatic rings. The molecule has 0 unspecified atom stereocenters. The van der Waals surface area contributed by atoms with E-state index in [9.17, 15) is 4.57 Å². The van der Waals surface area contributed by atoms with Crippen LogP contribution in [0.2, 0.25) is 6.04 Å². The molecule has 152 valence electrons. The third kappa shape index (κ3) is 11.8. The maximum Gasteiger partial charge on any atom is 0.500 e. The molecule has 10 heteroatoms. The zero-order chi connectivity index (χ0) is 19.0. The minimum atomic E-state index is -3.40. The fraction of sp³-hybridized carbons (Fsp3) is 1.00. The highest BCUT2D eigenvalue weighted by Crippen LogP contribution is 2.49. The molecule has 7 nitrogen and oxygen atoms in total. The van der Waals surface area contributed by atoms with Gasteiger partial charge in [-0.1, -0.05) is 0 Å². The number of rotatable bonds is 18. The van der Waals surface area contributed by atoms with Crippen LogP contribution in [0.4, 0.5) is 0 Å². The van der Waals surface area contributed by atoms with Gasteiger partial charge >= 0.3 is 16.6 Å². The van der Waals surface area contributed by atoms with E-state index < -0.39 is 16.6 Å². The maximum atomic E-state index is 12.1. The van der Waals surface area contributed by atoms with E-state index in [1.807, 2.05) is 20.8 Å². The highest BCUT2D eigenvalue weighted by molar-refractivity contribution is 7.99. The number of phosphoric ester groups is 1. The predicted molar refractivity (Wildman–Crippen MR) is 104 cm³/mol. The first-order valence-corrected chi connectivity index (χ1v) is 13.6. The number of thioether (sulfide) groups is 1. The van der Waals surface area contributed by atoms with Crippen LogP contribution in [-0.4, -0.2) is 60.0 Å². The maximum absolute atomic E-state index is 12.1. The van der Waals surface area contributed by atoms with Gasteiger partial charge in [0.05, 0.1) is 19.8 Å². The average Bonchev–Trinajstić information content (AvgIpc) is 2.55. The van der Waals surface area contributed by atoms with Gasteiger partial charge in [0.2, 0.25) is 0 Å². The van der Waals surface area contributed by atoms with Crippen LogP contribution in [0, 0.1) is 0 Å². The van der Waals surface area contributed by atoms with Gasteiger partial charge in [0.1, 0.15) is 0 Å². The van der Waals surface area contributed by atoms with Gasteiger partial charge in [0.15, 0.2) is 0 Å². The van der Waals surface area contributed by atoms with Crippen molar-refractivity contribution in [3.8, 4) is 0 Å². The smallest absolute Gasteiger partial charge is 0.374 e. The quantitative estimate of drug-likeness (QED) is 0.185. The van der Waals surface area contributed by atoms with Gasteiger partial charge in [0, 0.05) is 31.6 Å². The first kappa shape index (κ1) is 25.6. The molecule has 0 amide bonds. The van der Waals surface area contributed by atoms with Gasteiger partial charge in [0.25, 0.3) is 0 Å². The van der Waals surface area contributed by atoms with Gasteiger partial charge < -0.3 is 13.3 Å². The number of hydrogen-bond acceptors (Lipinski definition) is 8. The molecule has 0 aliphatic carbocycles. The van der Waals surface area contributed by atoms with Crippen molar-refractivity contribution in [2.75, 3.05) is 51.1 Å². The van der Waals surface area contributed by atoms with Crippen LogP contribution in [0.5, 0.6) is 0 Å². The summed E-state index contributed by atoms with van der Waals surface area (Å²) in [6.45, 7) is 12.1. The van der Waals surface area contributed by atoms with Crippen LogP contribution in [0.3, 0.4) is 0 Å². The fourth-order valence-electron chi connectivity index (χ4n) is 2.13. The molecule has 0 saturated carbocycles. The summed E-state index contributed by atoms with van der Waals surface area (Å²) in [6.07, 6.45) is 0.936. The molecule has 0 N–H and O–H groups in total. The van der Waals surface area contributed by atoms with Crippen molar-refractivity contribution in [3.05, 3.63) is 0 Å². The molecular formula is C15H35O7PSSi. The lowest BCUT2D eigenvalue weighted by atomic mass is 10.6. The van der Waals surface area contributed by atoms with E-state index in [0.29, 0.717) is 39.6 Å². The molecule has 0 atom stereocenters. The molecule has 0 aromatic rings. The SMILES string of the molecule is CCO[Si](CCCSCCOP(=O)(OCC)OCC)(OCC)OCC. The fourth-order valence-corrected chi connectivity index (χ4v) is 7.05. The van der Waals surface area contributed by atoms with E-state index in [-0.39, 0.29) is 0 Å². The lowest BCUT2D eigenvalue weighted by Gasteiger charge is -2.28. The first-order valence-electron chi connectivity index (χ1n) is 9.04. The molecule has 0 aromatic heterocycles. The number of hydrogen-bond donors (Lipinski definition) is 0. The normalized spacial score (nSPS) is 12.7. The summed E-state index contributed by atoms with van der Waals surface area (Å²) in [5.41, 5.74) is 0. The van der Waals surface area contributed by atoms with Crippen LogP contribution >= 0.6 is 19.6 Å². The Bertz CT molecular complexity index is 336. The van der Waals surface area contributed by atoms with Gasteiger partial charge in [-0.05, 0) is 46.8 Å². The molecule has 25 heavy (non-hydrogen) atoms. The van der Waals surface area contributed by atoms with Crippen molar-refractivity contribution in [2.45, 2.75) is 47.1 Å². The standard InChI is InChI=1S/C15H35O7PSSi/c1-6-17-23(16,18-7-2)19-12-14-24-13-11-15-25(20-8-3,21-9-4)22-10-5/h6-15H2,1-5H3. The molecule has 0 heterocycles. The summed E-state index contributed by atoms with van der Waals surface area (Å²) in [6, 6.07) is 0.798. The summed E-state index contributed by atoms with van der Waals surface area (Å²) in [4.78, 5) is 0. The largest absolute Gasteiger partial charge is 0.500 e. The van der Waals surface area contributed by atoms with Crippen molar-refractivity contribution >= 4 is 28.4 Å². The molecule has 0 rings (SSSR count). The second-order valence-corrected chi connectivity index (χ2v) is 10.4. The Morgan fingerprint density at radius 1 is 0.760 bits per heavy atom. The Labute approximate surface area is 158 Å². The third-order valence-electron chi connectivity index (χ3n) is 2.92. The van der Waals surface area contributed by atoms with E-state index in [1.54, 1.807) is 25.6 Å². The van der Waals surface area contributed by atoms with Crippen LogP contribution in [-0.2, 0) is 31.4 Å². The van der Waals surface area contributed by atoms with Crippen LogP contribution in [0.25, 0.3) is 0 Å². The third-order valence-corrected chi connectivity index (χ3v) is 8.75. The molecule has 0 bridgehead atoms. The van der Waals surface area contributed by atoms with E-state index in [0.717, 1.165) is 24.0 Å². The highest BCUT2D eigenvalue weighted by atomic mass is 32.2. The Hall–Kier alpha value is 0.557. The molecular weight excluding hydrogens is 383 g/mol. The molecule has 0 spiro atoms. The van der Waals surface area contributed by atoms with Crippen molar-refractivity contribution in [1.82, 2.24) is 0 Å². The Kier molecular flexibility index (Phi) is 15.9. The van der Waals surface area contributed by atoms with Crippen molar-refractivity contribution < 1.29 is 31.4 Å². The molecule has 0 radical (unpaired) electrons. The Balaban J connectivity index is 4.07. The summed E-state index contributed by atoms with van der Waals surface area (Å²) in [5, 5.41) is 0. The summed E-state index contributed by atoms with van der Waals surface area (Å²) in [7, 11) is -5.94. The molecule has 0 aliphatic heterocycles. The van der Waals surface area contributed by atoms with E-state index >= 15 is 0 Å². The summed E-state index contributed by atoms with van der Waals surface area (Å²) < 4.78 is 45.1. The van der Waals surface area contributed by atoms with Crippen molar-refractivity contribution in [2.24, 2.45) is 0 Å². The lowest BCUT2D eigenvalue weighted by Crippen LogP contribution is -2.46. The average molecular weight is 419 g/mol. The van der Waals surface area contributed by atoms with Crippen molar-refractivity contribution in [3.63, 3.8) is 0 Å². The second-order valence-electron chi connectivity index (χ2n) is 4.81. The minimum Gasteiger partial charge on any atom is -0.374 e. The van der Waals surface area contributed by atoms with Gasteiger partial charge in [-0.25, -0.2) is 4.57 Å². The molecule has 0 fully saturated rings. The Morgan fingerprint density at radius 3 is 1.72 bits per heavy atom. The van der Waals surface area contributed by atoms with Gasteiger partial charge in [-0.2, -0.15) is 11.8 Å². The van der Waals surface area contributed by atoms with Crippen LogP contribution in [0.15, 0.2) is 0 Å². The molecule has 0 saturated heterocycles. The first-order chi connectivity index (χ1) is 12.0. The van der Waals surface area contributed by atoms with E-state index in [4.69, 9.17) is 26.8 Å². The topological polar surface area (TPSA) is 72.5 Å². The van der Waals surface area contributed by atoms with Gasteiger partial charge in [-0.15, -0.1) is 0 Å². The minimum absolute atomic E-state index is 0.295. The van der Waals surface area contributed by atoms with Crippen LogP contribution < -0.4 is 0 Å². The lowest BCUT2D eigenvalue weighted by molar-refractivity contribution is 0.0712. The van der Waals surface area contributed by atoms with Crippen LogP contribution in [0.1, 0.15) is 41.0 Å². The molecule has 0 aromatic carbocycles. The van der Waals surface area contributed by atoms with Gasteiger partial charge in [-0.3, -0.25) is 13.6 Å².